The molecule has 3 N–H and O–H groups in total. The van der Waals surface area contributed by atoms with Gasteiger partial charge in [-0.3, -0.25) is 0 Å². The first-order valence-corrected chi connectivity index (χ1v) is 12.5. The average molecular weight is 470 g/mol. The molecule has 1 fully saturated rings. The van der Waals surface area contributed by atoms with Gasteiger partial charge in [0.1, 0.15) is 0 Å². The lowest BCUT2D eigenvalue weighted by Crippen LogP contribution is -2.51. The van der Waals surface area contributed by atoms with Gasteiger partial charge in [-0.25, -0.2) is 9.97 Å². The van der Waals surface area contributed by atoms with E-state index in [1.165, 1.54) is 0 Å². The van der Waals surface area contributed by atoms with Crippen molar-refractivity contribution in [3.05, 3.63) is 70.7 Å². The van der Waals surface area contributed by atoms with E-state index >= 15 is 0 Å². The predicted molar refractivity (Wildman–Crippen MR) is 137 cm³/mol. The van der Waals surface area contributed by atoms with Crippen molar-refractivity contribution in [2.24, 2.45) is 5.73 Å². The fourth-order valence-electron chi connectivity index (χ4n) is 4.74. The van der Waals surface area contributed by atoms with E-state index in [0.717, 1.165) is 50.3 Å². The summed E-state index contributed by atoms with van der Waals surface area (Å²) in [7, 11) is 0. The fourth-order valence-corrected chi connectivity index (χ4v) is 5.40. The molecular formula is C27H27N5OS. The standard InChI is InChI=1S/C27H27N5OS/c1-26(2,3)22-11-23-29-14-18-10-21(17-8-9-34-15-17)24(30-25(18)32(23)31-22)16-4-6-19(7-5-16)27(28)12-20(33)13-27/h4-11,14-15,20,33H,12-13,28H2,1-3H3. The van der Waals surface area contributed by atoms with Gasteiger partial charge in [-0.2, -0.15) is 21.0 Å². The maximum Gasteiger partial charge on any atom is 0.165 e. The minimum atomic E-state index is -0.443. The number of aromatic nitrogens is 4. The lowest BCUT2D eigenvalue weighted by molar-refractivity contribution is 0.0209. The van der Waals surface area contributed by atoms with E-state index in [-0.39, 0.29) is 11.5 Å². The third-order valence-electron chi connectivity index (χ3n) is 6.79. The summed E-state index contributed by atoms with van der Waals surface area (Å²) in [5, 5.41) is 19.8. The first-order valence-electron chi connectivity index (χ1n) is 11.5. The van der Waals surface area contributed by atoms with Crippen molar-refractivity contribution in [3.8, 4) is 22.4 Å². The molecule has 6 rings (SSSR count). The normalized spacial score (nSPS) is 20.7. The third-order valence-corrected chi connectivity index (χ3v) is 7.47. The number of rotatable bonds is 3. The summed E-state index contributed by atoms with van der Waals surface area (Å²) in [6.07, 6.45) is 2.77. The molecular weight excluding hydrogens is 442 g/mol. The maximum absolute atomic E-state index is 9.76. The van der Waals surface area contributed by atoms with Gasteiger partial charge in [-0.05, 0) is 46.9 Å². The molecule has 4 aromatic heterocycles. The Kier molecular flexibility index (Phi) is 4.68. The number of benzene rings is 1. The number of fused-ring (bicyclic) bond motifs is 3. The van der Waals surface area contributed by atoms with Gasteiger partial charge in [0.25, 0.3) is 0 Å². The van der Waals surface area contributed by atoms with Crippen LogP contribution in [0, 0.1) is 0 Å². The molecule has 0 radical (unpaired) electrons. The van der Waals surface area contributed by atoms with E-state index in [1.54, 1.807) is 11.3 Å². The second kappa shape index (κ2) is 7.43. The summed E-state index contributed by atoms with van der Waals surface area (Å²) in [6, 6.07) is 14.6. The molecule has 0 spiro atoms. The molecule has 4 heterocycles. The van der Waals surface area contributed by atoms with Crippen LogP contribution < -0.4 is 5.73 Å². The largest absolute Gasteiger partial charge is 0.393 e. The highest BCUT2D eigenvalue weighted by Crippen LogP contribution is 2.40. The molecule has 0 atom stereocenters. The second-order valence-electron chi connectivity index (χ2n) is 10.4. The van der Waals surface area contributed by atoms with Crippen LogP contribution in [-0.4, -0.2) is 30.8 Å². The number of hydrogen-bond acceptors (Lipinski definition) is 6. The zero-order valence-electron chi connectivity index (χ0n) is 19.5. The van der Waals surface area contributed by atoms with Crippen LogP contribution in [0.3, 0.4) is 0 Å². The van der Waals surface area contributed by atoms with Crippen molar-refractivity contribution in [1.82, 2.24) is 19.6 Å². The molecule has 0 unspecified atom stereocenters. The van der Waals surface area contributed by atoms with E-state index in [9.17, 15) is 5.11 Å². The Morgan fingerprint density at radius 3 is 2.50 bits per heavy atom. The summed E-state index contributed by atoms with van der Waals surface area (Å²) in [5.41, 5.74) is 13.7. The van der Waals surface area contributed by atoms with Crippen LogP contribution in [0.5, 0.6) is 0 Å². The number of pyridine rings is 1. The number of aliphatic hydroxyl groups is 1. The van der Waals surface area contributed by atoms with E-state index in [1.807, 2.05) is 16.8 Å². The molecule has 0 saturated heterocycles. The van der Waals surface area contributed by atoms with Crippen LogP contribution in [0.4, 0.5) is 0 Å². The Bertz CT molecular complexity index is 1510. The van der Waals surface area contributed by atoms with Crippen LogP contribution in [0.2, 0.25) is 0 Å². The van der Waals surface area contributed by atoms with Gasteiger partial charge < -0.3 is 10.8 Å². The first-order chi connectivity index (χ1) is 16.2. The van der Waals surface area contributed by atoms with Crippen molar-refractivity contribution in [1.29, 1.82) is 0 Å². The maximum atomic E-state index is 9.76. The quantitative estimate of drug-likeness (QED) is 0.375. The Morgan fingerprint density at radius 2 is 1.85 bits per heavy atom. The summed E-state index contributed by atoms with van der Waals surface area (Å²) >= 11 is 1.67. The Balaban J connectivity index is 1.54. The first kappa shape index (κ1) is 21.4. The van der Waals surface area contributed by atoms with Gasteiger partial charge >= 0.3 is 0 Å². The summed E-state index contributed by atoms with van der Waals surface area (Å²) in [4.78, 5) is 9.81. The van der Waals surface area contributed by atoms with Crippen molar-refractivity contribution < 1.29 is 5.11 Å². The highest BCUT2D eigenvalue weighted by atomic mass is 32.1. The van der Waals surface area contributed by atoms with Crippen molar-refractivity contribution in [2.75, 3.05) is 0 Å². The van der Waals surface area contributed by atoms with Crippen molar-refractivity contribution >= 4 is 28.0 Å². The minimum absolute atomic E-state index is 0.0808. The molecule has 1 aromatic carbocycles. The molecule has 6 nitrogen and oxygen atoms in total. The molecule has 0 bridgehead atoms. The van der Waals surface area contributed by atoms with Gasteiger partial charge in [0, 0.05) is 39.7 Å². The number of aliphatic hydroxyl groups excluding tert-OH is 1. The monoisotopic (exact) mass is 469 g/mol. The molecule has 0 amide bonds. The average Bonchev–Trinajstić information content (AvgIpc) is 3.47. The van der Waals surface area contributed by atoms with Crippen molar-refractivity contribution in [2.45, 2.75) is 50.7 Å². The summed E-state index contributed by atoms with van der Waals surface area (Å²) in [5.74, 6) is 0. The predicted octanol–water partition coefficient (Wildman–Crippen LogP) is 5.28. The zero-order valence-corrected chi connectivity index (χ0v) is 20.3. The summed E-state index contributed by atoms with van der Waals surface area (Å²) in [6.45, 7) is 6.45. The summed E-state index contributed by atoms with van der Waals surface area (Å²) < 4.78 is 1.86. The lowest BCUT2D eigenvalue weighted by atomic mass is 9.70. The van der Waals surface area contributed by atoms with E-state index < -0.39 is 5.54 Å². The molecule has 5 aromatic rings. The highest BCUT2D eigenvalue weighted by molar-refractivity contribution is 7.08. The Labute approximate surface area is 202 Å². The van der Waals surface area contributed by atoms with Crippen molar-refractivity contribution in [3.63, 3.8) is 0 Å². The number of nitrogens with two attached hydrogens (primary N) is 1. The Hall–Kier alpha value is -3.13. The minimum Gasteiger partial charge on any atom is -0.393 e. The number of thiophene rings is 1. The molecule has 7 heteroatoms. The molecule has 0 aliphatic heterocycles. The van der Waals surface area contributed by atoms with Crippen LogP contribution in [-0.2, 0) is 11.0 Å². The van der Waals surface area contributed by atoms with Crippen LogP contribution in [0.25, 0.3) is 39.1 Å². The zero-order chi connectivity index (χ0) is 23.7. The van der Waals surface area contributed by atoms with Crippen LogP contribution in [0.15, 0.2) is 59.4 Å². The van der Waals surface area contributed by atoms with Crippen LogP contribution in [0.1, 0.15) is 44.9 Å². The van der Waals surface area contributed by atoms with Crippen LogP contribution >= 0.6 is 11.3 Å². The SMILES string of the molecule is CC(C)(C)c1cc2ncc3cc(-c4ccsc4)c(-c4ccc(C5(N)CC(O)C5)cc4)nc3n2n1. The van der Waals surface area contributed by atoms with E-state index in [4.69, 9.17) is 15.8 Å². The second-order valence-corrected chi connectivity index (χ2v) is 11.2. The van der Waals surface area contributed by atoms with Gasteiger partial charge in [0.2, 0.25) is 0 Å². The molecule has 34 heavy (non-hydrogen) atoms. The lowest BCUT2D eigenvalue weighted by Gasteiger charge is -2.42. The molecule has 172 valence electrons. The highest BCUT2D eigenvalue weighted by Gasteiger charge is 2.41. The van der Waals surface area contributed by atoms with Gasteiger partial charge in [-0.1, -0.05) is 45.0 Å². The fraction of sp³-hybridized carbons (Fsp3) is 0.296. The smallest absolute Gasteiger partial charge is 0.165 e. The van der Waals surface area contributed by atoms with Gasteiger partial charge in [0.05, 0.1) is 17.5 Å². The number of nitrogens with zero attached hydrogens (tertiary/aromatic N) is 4. The molecule has 1 aliphatic carbocycles. The molecule has 1 saturated carbocycles. The van der Waals surface area contributed by atoms with E-state index in [2.05, 4.69) is 72.9 Å². The topological polar surface area (TPSA) is 89.3 Å². The van der Waals surface area contributed by atoms with Gasteiger partial charge in [0.15, 0.2) is 11.3 Å². The van der Waals surface area contributed by atoms with E-state index in [0.29, 0.717) is 12.8 Å². The number of hydrogen-bond donors (Lipinski definition) is 2. The Morgan fingerprint density at radius 1 is 1.09 bits per heavy atom. The third kappa shape index (κ3) is 3.43. The molecule has 1 aliphatic rings. The van der Waals surface area contributed by atoms with Gasteiger partial charge in [-0.15, -0.1) is 0 Å².